The average molecular weight is 268 g/mol. The summed E-state index contributed by atoms with van der Waals surface area (Å²) in [7, 11) is 0. The molecule has 0 unspecified atom stereocenters. The monoisotopic (exact) mass is 268 g/mol. The molecule has 0 heterocycles. The minimum Gasteiger partial charge on any atom is -0.460 e. The molecule has 1 N–H and O–H groups in total. The molecule has 0 saturated carbocycles. The van der Waals surface area contributed by atoms with Crippen molar-refractivity contribution >= 4 is 17.6 Å². The Morgan fingerprint density at radius 2 is 1.60 bits per heavy atom. The van der Waals surface area contributed by atoms with Gasteiger partial charge in [-0.1, -0.05) is 60.7 Å². The molecular formula is C17H16O3. The number of carbonyl (C=O) groups is 1. The first-order chi connectivity index (χ1) is 9.81. The first-order valence-corrected chi connectivity index (χ1v) is 6.41. The molecule has 0 fully saturated rings. The van der Waals surface area contributed by atoms with Gasteiger partial charge < -0.3 is 9.84 Å². The van der Waals surface area contributed by atoms with Crippen LogP contribution in [0.5, 0.6) is 0 Å². The van der Waals surface area contributed by atoms with Gasteiger partial charge in [0.15, 0.2) is 0 Å². The van der Waals surface area contributed by atoms with E-state index in [1.807, 2.05) is 60.7 Å². The third-order valence-corrected chi connectivity index (χ3v) is 2.74. The lowest BCUT2D eigenvalue weighted by molar-refractivity contribution is -0.137. The van der Waals surface area contributed by atoms with Gasteiger partial charge in [0.25, 0.3) is 0 Å². The van der Waals surface area contributed by atoms with Gasteiger partial charge in [-0.15, -0.1) is 0 Å². The van der Waals surface area contributed by atoms with Crippen LogP contribution in [0.2, 0.25) is 0 Å². The highest BCUT2D eigenvalue weighted by atomic mass is 16.5. The molecule has 102 valence electrons. The smallest absolute Gasteiger partial charge is 0.338 e. The number of rotatable bonds is 5. The normalized spacial score (nSPS) is 11.2. The van der Waals surface area contributed by atoms with E-state index in [-0.39, 0.29) is 13.2 Å². The van der Waals surface area contributed by atoms with Gasteiger partial charge in [0.2, 0.25) is 0 Å². The number of hydrogen-bond donors (Lipinski definition) is 1. The summed E-state index contributed by atoms with van der Waals surface area (Å²) in [6.45, 7) is -0.184. The number of aliphatic hydroxyl groups is 1. The highest BCUT2D eigenvalue weighted by Crippen LogP contribution is 2.19. The van der Waals surface area contributed by atoms with Crippen molar-refractivity contribution in [3.05, 3.63) is 71.8 Å². The quantitative estimate of drug-likeness (QED) is 0.515. The molecule has 0 aliphatic rings. The number of benzene rings is 2. The highest BCUT2D eigenvalue weighted by Gasteiger charge is 2.13. The first kappa shape index (κ1) is 14.0. The Labute approximate surface area is 118 Å². The Kier molecular flexibility index (Phi) is 5.09. The predicted molar refractivity (Wildman–Crippen MR) is 78.8 cm³/mol. The summed E-state index contributed by atoms with van der Waals surface area (Å²) in [4.78, 5) is 12.1. The number of aliphatic hydroxyl groups excluding tert-OH is 1. The van der Waals surface area contributed by atoms with Crippen LogP contribution in [-0.4, -0.2) is 24.3 Å². The van der Waals surface area contributed by atoms with Gasteiger partial charge in [0.05, 0.1) is 12.2 Å². The van der Waals surface area contributed by atoms with Gasteiger partial charge in [-0.25, -0.2) is 4.79 Å². The van der Waals surface area contributed by atoms with E-state index in [0.717, 1.165) is 11.1 Å². The predicted octanol–water partition coefficient (Wildman–Crippen LogP) is 2.76. The van der Waals surface area contributed by atoms with Crippen LogP contribution in [0.25, 0.3) is 11.6 Å². The lowest BCUT2D eigenvalue weighted by Gasteiger charge is -2.08. The maximum Gasteiger partial charge on any atom is 0.338 e. The zero-order valence-corrected chi connectivity index (χ0v) is 11.0. The largest absolute Gasteiger partial charge is 0.460 e. The molecule has 2 aromatic rings. The molecule has 2 rings (SSSR count). The standard InChI is InChI=1S/C17H16O3/c18-11-12-20-17(19)16(15-9-5-2-6-10-15)13-14-7-3-1-4-8-14/h1-10,13,18H,11-12H2/b16-13+. The van der Waals surface area contributed by atoms with E-state index in [2.05, 4.69) is 0 Å². The first-order valence-electron chi connectivity index (χ1n) is 6.41. The molecule has 0 bridgehead atoms. The van der Waals surface area contributed by atoms with Crippen LogP contribution >= 0.6 is 0 Å². The molecule has 0 aromatic heterocycles. The molecule has 0 aliphatic carbocycles. The van der Waals surface area contributed by atoms with E-state index in [1.54, 1.807) is 6.08 Å². The molecule has 2 aromatic carbocycles. The van der Waals surface area contributed by atoms with E-state index < -0.39 is 5.97 Å². The second-order valence-electron chi connectivity index (χ2n) is 4.19. The van der Waals surface area contributed by atoms with Crippen molar-refractivity contribution in [3.63, 3.8) is 0 Å². The van der Waals surface area contributed by atoms with Crippen molar-refractivity contribution in [2.24, 2.45) is 0 Å². The zero-order valence-electron chi connectivity index (χ0n) is 11.0. The summed E-state index contributed by atoms with van der Waals surface area (Å²) >= 11 is 0. The van der Waals surface area contributed by atoms with Crippen molar-refractivity contribution < 1.29 is 14.6 Å². The summed E-state index contributed by atoms with van der Waals surface area (Å²) in [5.74, 6) is -0.436. The maximum atomic E-state index is 12.1. The average Bonchev–Trinajstić information content (AvgIpc) is 2.52. The molecular weight excluding hydrogens is 252 g/mol. The van der Waals surface area contributed by atoms with Gasteiger partial charge in [-0.05, 0) is 17.2 Å². The highest BCUT2D eigenvalue weighted by molar-refractivity contribution is 6.21. The number of carbonyl (C=O) groups excluding carboxylic acids is 1. The fourth-order valence-electron chi connectivity index (χ4n) is 1.81. The molecule has 3 nitrogen and oxygen atoms in total. The van der Waals surface area contributed by atoms with Crippen LogP contribution in [0.4, 0.5) is 0 Å². The van der Waals surface area contributed by atoms with Crippen LogP contribution in [0.15, 0.2) is 60.7 Å². The third kappa shape index (κ3) is 3.80. The second kappa shape index (κ2) is 7.26. The van der Waals surface area contributed by atoms with Gasteiger partial charge in [-0.3, -0.25) is 0 Å². The summed E-state index contributed by atoms with van der Waals surface area (Å²) in [6.07, 6.45) is 1.79. The number of hydrogen-bond acceptors (Lipinski definition) is 3. The van der Waals surface area contributed by atoms with Crippen LogP contribution in [0, 0.1) is 0 Å². The van der Waals surface area contributed by atoms with E-state index >= 15 is 0 Å². The van der Waals surface area contributed by atoms with Gasteiger partial charge in [0, 0.05) is 0 Å². The molecule has 20 heavy (non-hydrogen) atoms. The van der Waals surface area contributed by atoms with Crippen molar-refractivity contribution in [2.45, 2.75) is 0 Å². The maximum absolute atomic E-state index is 12.1. The fraction of sp³-hybridized carbons (Fsp3) is 0.118. The second-order valence-corrected chi connectivity index (χ2v) is 4.19. The van der Waals surface area contributed by atoms with Gasteiger partial charge in [-0.2, -0.15) is 0 Å². The van der Waals surface area contributed by atoms with E-state index in [9.17, 15) is 4.79 Å². The minimum atomic E-state index is -0.436. The minimum absolute atomic E-state index is 0.00219. The van der Waals surface area contributed by atoms with Crippen LogP contribution in [0.1, 0.15) is 11.1 Å². The van der Waals surface area contributed by atoms with Crippen molar-refractivity contribution in [1.29, 1.82) is 0 Å². The molecule has 0 amide bonds. The van der Waals surface area contributed by atoms with Crippen LogP contribution < -0.4 is 0 Å². The Morgan fingerprint density at radius 1 is 1.00 bits per heavy atom. The Balaban J connectivity index is 2.34. The zero-order chi connectivity index (χ0) is 14.2. The van der Waals surface area contributed by atoms with E-state index in [4.69, 9.17) is 9.84 Å². The summed E-state index contributed by atoms with van der Waals surface area (Å²) < 4.78 is 5.02. The Bertz CT molecular complexity index is 574. The fourth-order valence-corrected chi connectivity index (χ4v) is 1.81. The van der Waals surface area contributed by atoms with Gasteiger partial charge >= 0.3 is 5.97 Å². The van der Waals surface area contributed by atoms with Crippen molar-refractivity contribution in [3.8, 4) is 0 Å². The van der Waals surface area contributed by atoms with Crippen LogP contribution in [0.3, 0.4) is 0 Å². The van der Waals surface area contributed by atoms with E-state index in [0.29, 0.717) is 5.57 Å². The molecule has 0 atom stereocenters. The molecule has 0 spiro atoms. The Hall–Kier alpha value is -2.39. The van der Waals surface area contributed by atoms with Crippen LogP contribution in [-0.2, 0) is 9.53 Å². The molecule has 3 heteroatoms. The molecule has 0 radical (unpaired) electrons. The third-order valence-electron chi connectivity index (χ3n) is 2.74. The van der Waals surface area contributed by atoms with E-state index in [1.165, 1.54) is 0 Å². The Morgan fingerprint density at radius 3 is 2.20 bits per heavy atom. The SMILES string of the molecule is O=C(OCCO)/C(=C/c1ccccc1)c1ccccc1. The summed E-state index contributed by atoms with van der Waals surface area (Å²) in [5.41, 5.74) is 2.19. The van der Waals surface area contributed by atoms with Gasteiger partial charge in [0.1, 0.15) is 6.61 Å². The van der Waals surface area contributed by atoms with Crippen molar-refractivity contribution in [2.75, 3.05) is 13.2 Å². The lowest BCUT2D eigenvalue weighted by atomic mass is 10.0. The molecule has 0 aliphatic heterocycles. The topological polar surface area (TPSA) is 46.5 Å². The number of ether oxygens (including phenoxy) is 1. The molecule has 0 saturated heterocycles. The summed E-state index contributed by atoms with van der Waals surface area (Å²) in [5, 5.41) is 8.76. The summed E-state index contributed by atoms with van der Waals surface area (Å²) in [6, 6.07) is 18.9. The number of esters is 1. The van der Waals surface area contributed by atoms with Crippen molar-refractivity contribution in [1.82, 2.24) is 0 Å². The lowest BCUT2D eigenvalue weighted by Crippen LogP contribution is -2.10.